The maximum absolute atomic E-state index is 13.7. The summed E-state index contributed by atoms with van der Waals surface area (Å²) in [7, 11) is 0. The summed E-state index contributed by atoms with van der Waals surface area (Å²) in [5.41, 5.74) is -1.35. The standard InChI is InChI=1S/C20H18ClF3N5O4.Be.H2O/c1-9-26-19(29(27-9)12-7-10(21)3-4-11(12)20(22,23)24)18-15(31)14(28-6-2-5-25-28)17-16(33-18)13(30)8-32-17;;/h3-7,13-18,30-31H,8H2,1H3;;1H2/q-1;+2;/p-1/t13?,14?,15?,16?,17-,18-;;/m1../s1. The Hall–Kier alpha value is -2.38. The minimum atomic E-state index is -4.70. The van der Waals surface area contributed by atoms with Gasteiger partial charge in [-0.1, -0.05) is 11.6 Å². The summed E-state index contributed by atoms with van der Waals surface area (Å²) in [5, 5.41) is 30.0. The zero-order valence-corrected chi connectivity index (χ0v) is 18.9. The molecule has 35 heavy (non-hydrogen) atoms. The number of hydrogen-bond donors (Lipinski definition) is 2. The first-order valence-corrected chi connectivity index (χ1v) is 10.4. The normalized spacial score (nSPS) is 28.2. The summed E-state index contributed by atoms with van der Waals surface area (Å²) in [4.78, 5) is 4.27. The van der Waals surface area contributed by atoms with Crippen molar-refractivity contribution >= 4 is 21.7 Å². The first kappa shape index (κ1) is 27.2. The van der Waals surface area contributed by atoms with Gasteiger partial charge in [0, 0.05) is 5.02 Å². The average Bonchev–Trinajstić information content (AvgIpc) is 3.48. The number of alkyl halides is 3. The molecule has 5 rings (SSSR count). The summed E-state index contributed by atoms with van der Waals surface area (Å²) in [6, 6.07) is 5.06. The molecule has 3 N–H and O–H groups in total. The van der Waals surface area contributed by atoms with Crippen molar-refractivity contribution in [3.63, 3.8) is 0 Å². The third-order valence-electron chi connectivity index (χ3n) is 5.73. The van der Waals surface area contributed by atoms with Crippen LogP contribution in [0.1, 0.15) is 29.4 Å². The predicted molar refractivity (Wildman–Crippen MR) is 113 cm³/mol. The van der Waals surface area contributed by atoms with Crippen molar-refractivity contribution in [2.24, 2.45) is 0 Å². The molecular formula is C20H19BeClF3N5O5. The SMILES string of the molecule is Cc1nc([C@@H]2OC3C(O)CO[C@@H]3C(n3c[c-]cn3)C2O)n(-c2cc(Cl)ccc2C(F)(F)F)n1.[Be+2].[OH-]. The van der Waals surface area contributed by atoms with Gasteiger partial charge in [-0.15, -0.1) is 6.20 Å². The fourth-order valence-electron chi connectivity index (χ4n) is 4.34. The minimum absolute atomic E-state index is 0. The zero-order chi connectivity index (χ0) is 23.5. The van der Waals surface area contributed by atoms with E-state index in [2.05, 4.69) is 21.2 Å². The van der Waals surface area contributed by atoms with Crippen LogP contribution in [0, 0.1) is 13.0 Å². The second-order valence-electron chi connectivity index (χ2n) is 7.88. The Morgan fingerprint density at radius 3 is 2.63 bits per heavy atom. The first-order valence-electron chi connectivity index (χ1n) is 9.99. The number of rotatable bonds is 3. The van der Waals surface area contributed by atoms with Crippen LogP contribution in [0.2, 0.25) is 5.02 Å². The van der Waals surface area contributed by atoms with Crippen molar-refractivity contribution < 1.29 is 38.3 Å². The zero-order valence-electron chi connectivity index (χ0n) is 18.2. The van der Waals surface area contributed by atoms with E-state index < -0.39 is 48.3 Å². The molecule has 4 heterocycles. The van der Waals surface area contributed by atoms with Crippen LogP contribution in [0.5, 0.6) is 0 Å². The number of aromatic nitrogens is 5. The van der Waals surface area contributed by atoms with Gasteiger partial charge in [-0.05, 0) is 25.1 Å². The van der Waals surface area contributed by atoms with Gasteiger partial charge in [0.15, 0.2) is 5.82 Å². The van der Waals surface area contributed by atoms with E-state index >= 15 is 0 Å². The fourth-order valence-corrected chi connectivity index (χ4v) is 4.51. The van der Waals surface area contributed by atoms with Gasteiger partial charge < -0.3 is 35.9 Å². The van der Waals surface area contributed by atoms with Crippen molar-refractivity contribution in [2.75, 3.05) is 6.61 Å². The monoisotopic (exact) mass is 510 g/mol. The molecule has 0 spiro atoms. The Bertz CT molecular complexity index is 1160. The summed E-state index contributed by atoms with van der Waals surface area (Å²) in [6.45, 7) is 1.47. The smallest absolute Gasteiger partial charge is 0.870 e. The van der Waals surface area contributed by atoms with Crippen LogP contribution in [0.3, 0.4) is 0 Å². The summed E-state index contributed by atoms with van der Waals surface area (Å²) < 4.78 is 55.2. The third-order valence-corrected chi connectivity index (χ3v) is 5.96. The number of aliphatic hydroxyl groups excluding tert-OH is 2. The number of nitrogens with zero attached hydrogens (tertiary/aromatic N) is 5. The molecular weight excluding hydrogens is 492 g/mol. The Kier molecular flexibility index (Phi) is 7.73. The van der Waals surface area contributed by atoms with Gasteiger partial charge >= 0.3 is 16.3 Å². The first-order chi connectivity index (χ1) is 15.6. The molecule has 0 bridgehead atoms. The molecule has 0 radical (unpaired) electrons. The molecule has 0 saturated carbocycles. The second kappa shape index (κ2) is 9.94. The molecule has 0 aliphatic carbocycles. The molecule has 4 unspecified atom stereocenters. The second-order valence-corrected chi connectivity index (χ2v) is 8.31. The molecule has 1 aromatic carbocycles. The Balaban J connectivity index is 0.00000171. The van der Waals surface area contributed by atoms with Crippen LogP contribution in [0.4, 0.5) is 13.2 Å². The van der Waals surface area contributed by atoms with E-state index in [9.17, 15) is 23.4 Å². The summed E-state index contributed by atoms with van der Waals surface area (Å²) in [6.07, 6.45) is -7.03. The van der Waals surface area contributed by atoms with E-state index in [0.717, 1.165) is 22.9 Å². The van der Waals surface area contributed by atoms with Gasteiger partial charge in [-0.2, -0.15) is 24.5 Å². The molecule has 2 aliphatic heterocycles. The quantitative estimate of drug-likeness (QED) is 0.399. The molecule has 2 saturated heterocycles. The van der Waals surface area contributed by atoms with Crippen LogP contribution in [0.25, 0.3) is 5.69 Å². The van der Waals surface area contributed by atoms with Crippen molar-refractivity contribution in [1.82, 2.24) is 24.5 Å². The van der Waals surface area contributed by atoms with Gasteiger partial charge in [-0.25, -0.2) is 14.8 Å². The van der Waals surface area contributed by atoms with Crippen molar-refractivity contribution in [3.05, 3.63) is 58.9 Å². The van der Waals surface area contributed by atoms with Gasteiger partial charge in [0.25, 0.3) is 0 Å². The van der Waals surface area contributed by atoms with E-state index in [1.54, 1.807) is 0 Å². The predicted octanol–water partition coefficient (Wildman–Crippen LogP) is 1.49. The Labute approximate surface area is 205 Å². The van der Waals surface area contributed by atoms with Crippen LogP contribution >= 0.6 is 11.6 Å². The van der Waals surface area contributed by atoms with E-state index in [1.807, 2.05) is 0 Å². The van der Waals surface area contributed by atoms with Crippen LogP contribution in [0.15, 0.2) is 30.6 Å². The molecule has 2 fully saturated rings. The van der Waals surface area contributed by atoms with Crippen molar-refractivity contribution in [3.8, 4) is 5.69 Å². The molecule has 15 heteroatoms. The number of halogens is 4. The van der Waals surface area contributed by atoms with E-state index in [-0.39, 0.29) is 44.6 Å². The molecule has 184 valence electrons. The maximum atomic E-state index is 13.7. The van der Waals surface area contributed by atoms with Gasteiger partial charge in [0.05, 0.1) is 17.9 Å². The largest absolute Gasteiger partial charge is 2.00 e. The summed E-state index contributed by atoms with van der Waals surface area (Å²) >= 11 is 6.00. The van der Waals surface area contributed by atoms with Crippen LogP contribution < -0.4 is 0 Å². The third kappa shape index (κ3) is 4.73. The molecule has 2 aliphatic rings. The van der Waals surface area contributed by atoms with E-state index in [0.29, 0.717) is 0 Å². The number of ether oxygens (including phenoxy) is 2. The molecule has 0 amide bonds. The number of aryl methyl sites for hydroxylation is 1. The Morgan fingerprint density at radius 2 is 1.97 bits per heavy atom. The number of aliphatic hydroxyl groups is 2. The van der Waals surface area contributed by atoms with Crippen molar-refractivity contribution in [1.29, 1.82) is 0 Å². The fraction of sp³-hybridized carbons (Fsp3) is 0.450. The van der Waals surface area contributed by atoms with E-state index in [4.69, 9.17) is 21.1 Å². The average molecular weight is 511 g/mol. The minimum Gasteiger partial charge on any atom is -0.870 e. The molecule has 2 aromatic heterocycles. The number of hydrogen-bond acceptors (Lipinski definition) is 8. The van der Waals surface area contributed by atoms with Gasteiger partial charge in [0.1, 0.15) is 42.4 Å². The summed E-state index contributed by atoms with van der Waals surface area (Å²) in [5.74, 6) is 0.0784. The number of benzene rings is 1. The van der Waals surface area contributed by atoms with Crippen LogP contribution in [-0.4, -0.2) is 81.4 Å². The molecule has 10 nitrogen and oxygen atoms in total. The Morgan fingerprint density at radius 1 is 1.23 bits per heavy atom. The van der Waals surface area contributed by atoms with Gasteiger partial charge in [-0.3, -0.25) is 0 Å². The molecule has 3 aromatic rings. The van der Waals surface area contributed by atoms with Gasteiger partial charge in [0.2, 0.25) is 0 Å². The van der Waals surface area contributed by atoms with Crippen molar-refractivity contribution in [2.45, 2.75) is 49.7 Å². The topological polar surface area (TPSA) is 137 Å². The van der Waals surface area contributed by atoms with Crippen LogP contribution in [-0.2, 0) is 15.7 Å². The number of fused-ring (bicyclic) bond motifs is 1. The molecule has 6 atom stereocenters. The van der Waals surface area contributed by atoms with E-state index in [1.165, 1.54) is 24.0 Å². The maximum Gasteiger partial charge on any atom is 2.00 e.